The van der Waals surface area contributed by atoms with Crippen LogP contribution in [0.2, 0.25) is 0 Å². The summed E-state index contributed by atoms with van der Waals surface area (Å²) < 4.78 is 2.29. The molecule has 1 aromatic heterocycles. The van der Waals surface area contributed by atoms with Gasteiger partial charge in [0.15, 0.2) is 4.60 Å². The van der Waals surface area contributed by atoms with Gasteiger partial charge in [-0.15, -0.1) is 5.10 Å². The van der Waals surface area contributed by atoms with Gasteiger partial charge in [-0.25, -0.2) is 4.68 Å². The van der Waals surface area contributed by atoms with E-state index in [4.69, 9.17) is 0 Å². The van der Waals surface area contributed by atoms with Gasteiger partial charge in [0.1, 0.15) is 11.8 Å². The Balaban J connectivity index is 2.38. The normalized spacial score (nSPS) is 21.1. The third-order valence-corrected chi connectivity index (χ3v) is 4.52. The van der Waals surface area contributed by atoms with E-state index in [2.05, 4.69) is 31.1 Å². The third kappa shape index (κ3) is 2.02. The van der Waals surface area contributed by atoms with Gasteiger partial charge in [0.25, 0.3) is 0 Å². The molecule has 1 aliphatic carbocycles. The largest absolute Gasteiger partial charge is 0.385 e. The molecule has 0 radical (unpaired) electrons. The number of nitrogens with zero attached hydrogens (tertiary/aromatic N) is 4. The number of aromatic nitrogens is 3. The molecule has 0 aromatic carbocycles. The van der Waals surface area contributed by atoms with Crippen LogP contribution < -0.4 is 0 Å². The Morgan fingerprint density at radius 2 is 2.00 bits per heavy atom. The molecule has 1 fully saturated rings. The van der Waals surface area contributed by atoms with Crippen LogP contribution in [-0.4, -0.2) is 44.6 Å². The predicted molar refractivity (Wildman–Crippen MR) is 68.5 cm³/mol. The molecular formula is C11H19BrN4O. The van der Waals surface area contributed by atoms with Crippen LogP contribution >= 0.6 is 15.9 Å². The standard InChI is InChI=1S/C11H19BrN4O/c1-15(2)11(6-4-5-7-11)9(17)8-10(12)13-14-16(8)3/h9,17H,4-7H2,1-3H3. The minimum atomic E-state index is -0.561. The molecule has 5 nitrogen and oxygen atoms in total. The Bertz CT molecular complexity index is 379. The van der Waals surface area contributed by atoms with Crippen LogP contribution in [-0.2, 0) is 7.05 Å². The Labute approximate surface area is 110 Å². The molecule has 0 bridgehead atoms. The summed E-state index contributed by atoms with van der Waals surface area (Å²) in [6.45, 7) is 0. The number of hydrogen-bond donors (Lipinski definition) is 1. The average molecular weight is 303 g/mol. The van der Waals surface area contributed by atoms with Crippen LogP contribution in [0.3, 0.4) is 0 Å². The first-order valence-corrected chi connectivity index (χ1v) is 6.69. The van der Waals surface area contributed by atoms with E-state index in [-0.39, 0.29) is 5.54 Å². The monoisotopic (exact) mass is 302 g/mol. The van der Waals surface area contributed by atoms with E-state index in [0.29, 0.717) is 4.60 Å². The van der Waals surface area contributed by atoms with Crippen LogP contribution in [0.4, 0.5) is 0 Å². The van der Waals surface area contributed by atoms with Crippen LogP contribution in [0.15, 0.2) is 4.60 Å². The van der Waals surface area contributed by atoms with Crippen molar-refractivity contribution >= 4 is 15.9 Å². The quantitative estimate of drug-likeness (QED) is 0.919. The summed E-state index contributed by atoms with van der Waals surface area (Å²) in [5.74, 6) is 0. The van der Waals surface area contributed by atoms with Crippen molar-refractivity contribution in [2.45, 2.75) is 37.3 Å². The van der Waals surface area contributed by atoms with Crippen molar-refractivity contribution in [1.29, 1.82) is 0 Å². The lowest BCUT2D eigenvalue weighted by Gasteiger charge is -2.40. The second-order valence-corrected chi connectivity index (χ2v) is 5.75. The number of hydrogen-bond acceptors (Lipinski definition) is 4. The van der Waals surface area contributed by atoms with Crippen LogP contribution in [0.1, 0.15) is 37.5 Å². The molecule has 96 valence electrons. The van der Waals surface area contributed by atoms with Gasteiger partial charge in [-0.2, -0.15) is 0 Å². The molecule has 0 aliphatic heterocycles. The first-order valence-electron chi connectivity index (χ1n) is 5.89. The van der Waals surface area contributed by atoms with Crippen molar-refractivity contribution in [1.82, 2.24) is 19.9 Å². The van der Waals surface area contributed by atoms with Crippen molar-refractivity contribution in [2.75, 3.05) is 14.1 Å². The van der Waals surface area contributed by atoms with E-state index in [1.807, 2.05) is 21.1 Å². The molecule has 0 spiro atoms. The Kier molecular flexibility index (Phi) is 3.56. The molecular weight excluding hydrogens is 284 g/mol. The summed E-state index contributed by atoms with van der Waals surface area (Å²) in [7, 11) is 5.88. The Hall–Kier alpha value is -0.460. The molecule has 2 rings (SSSR count). The van der Waals surface area contributed by atoms with Crippen LogP contribution in [0.5, 0.6) is 0 Å². The number of aliphatic hydroxyl groups is 1. The second-order valence-electron chi connectivity index (χ2n) is 5.00. The molecule has 1 aromatic rings. The summed E-state index contributed by atoms with van der Waals surface area (Å²) in [5.41, 5.74) is 0.582. The highest BCUT2D eigenvalue weighted by Crippen LogP contribution is 2.44. The van der Waals surface area contributed by atoms with Crippen molar-refractivity contribution in [3.63, 3.8) is 0 Å². The third-order valence-electron chi connectivity index (χ3n) is 3.95. The lowest BCUT2D eigenvalue weighted by Crippen LogP contribution is -2.47. The second kappa shape index (κ2) is 4.66. The minimum absolute atomic E-state index is 0.183. The highest BCUT2D eigenvalue weighted by Gasteiger charge is 2.45. The summed E-state index contributed by atoms with van der Waals surface area (Å²) in [5, 5.41) is 18.6. The van der Waals surface area contributed by atoms with E-state index in [1.165, 1.54) is 0 Å². The molecule has 1 aliphatic rings. The van der Waals surface area contributed by atoms with Crippen molar-refractivity contribution < 1.29 is 5.11 Å². The zero-order valence-corrected chi connectivity index (χ0v) is 12.1. The minimum Gasteiger partial charge on any atom is -0.385 e. The lowest BCUT2D eigenvalue weighted by molar-refractivity contribution is -0.00983. The molecule has 0 saturated heterocycles. The van der Waals surface area contributed by atoms with Gasteiger partial charge in [0.05, 0.1) is 5.54 Å². The highest BCUT2D eigenvalue weighted by atomic mass is 79.9. The summed E-state index contributed by atoms with van der Waals surface area (Å²) in [4.78, 5) is 2.14. The lowest BCUT2D eigenvalue weighted by atomic mass is 9.87. The fourth-order valence-electron chi connectivity index (χ4n) is 2.84. The Morgan fingerprint density at radius 3 is 2.41 bits per heavy atom. The van der Waals surface area contributed by atoms with Gasteiger partial charge < -0.3 is 10.0 Å². The first kappa shape index (κ1) is 13.0. The van der Waals surface area contributed by atoms with Crippen LogP contribution in [0, 0.1) is 0 Å². The van der Waals surface area contributed by atoms with Gasteiger partial charge in [-0.05, 0) is 42.9 Å². The number of likely N-dealkylation sites (N-methyl/N-ethyl adjacent to an activating group) is 1. The number of rotatable bonds is 3. The van der Waals surface area contributed by atoms with Crippen molar-refractivity contribution in [3.8, 4) is 0 Å². The number of halogens is 1. The summed E-state index contributed by atoms with van der Waals surface area (Å²) in [6, 6.07) is 0. The van der Waals surface area contributed by atoms with E-state index in [1.54, 1.807) is 4.68 Å². The SMILES string of the molecule is CN(C)C1(C(O)c2c(Br)nnn2C)CCCC1. The van der Waals surface area contributed by atoms with E-state index >= 15 is 0 Å². The van der Waals surface area contributed by atoms with Gasteiger partial charge in [-0.1, -0.05) is 18.1 Å². The number of aryl methyl sites for hydroxylation is 1. The zero-order chi connectivity index (χ0) is 12.6. The van der Waals surface area contributed by atoms with E-state index in [9.17, 15) is 5.11 Å². The van der Waals surface area contributed by atoms with Gasteiger partial charge in [-0.3, -0.25) is 0 Å². The predicted octanol–water partition coefficient (Wildman–Crippen LogP) is 1.49. The molecule has 1 unspecified atom stereocenters. The van der Waals surface area contributed by atoms with Gasteiger partial charge >= 0.3 is 0 Å². The molecule has 1 heterocycles. The fraction of sp³-hybridized carbons (Fsp3) is 0.818. The molecule has 17 heavy (non-hydrogen) atoms. The van der Waals surface area contributed by atoms with Crippen molar-refractivity contribution in [2.24, 2.45) is 7.05 Å². The van der Waals surface area contributed by atoms with Gasteiger partial charge in [0, 0.05) is 7.05 Å². The maximum Gasteiger partial charge on any atom is 0.154 e. The average Bonchev–Trinajstić information content (AvgIpc) is 2.86. The zero-order valence-electron chi connectivity index (χ0n) is 10.5. The fourth-order valence-corrected chi connectivity index (χ4v) is 3.38. The summed E-state index contributed by atoms with van der Waals surface area (Å²) in [6.07, 6.45) is 3.79. The molecule has 6 heteroatoms. The number of aliphatic hydroxyl groups excluding tert-OH is 1. The smallest absolute Gasteiger partial charge is 0.154 e. The Morgan fingerprint density at radius 1 is 1.41 bits per heavy atom. The van der Waals surface area contributed by atoms with E-state index in [0.717, 1.165) is 31.4 Å². The van der Waals surface area contributed by atoms with Gasteiger partial charge in [0.2, 0.25) is 0 Å². The van der Waals surface area contributed by atoms with Crippen LogP contribution in [0.25, 0.3) is 0 Å². The molecule has 1 atom stereocenters. The first-order chi connectivity index (χ1) is 7.99. The maximum atomic E-state index is 10.7. The maximum absolute atomic E-state index is 10.7. The topological polar surface area (TPSA) is 54.2 Å². The molecule has 1 N–H and O–H groups in total. The molecule has 0 amide bonds. The van der Waals surface area contributed by atoms with E-state index < -0.39 is 6.10 Å². The summed E-state index contributed by atoms with van der Waals surface area (Å²) >= 11 is 3.37. The molecule has 1 saturated carbocycles. The van der Waals surface area contributed by atoms with Crippen molar-refractivity contribution in [3.05, 3.63) is 10.3 Å². The highest BCUT2D eigenvalue weighted by molar-refractivity contribution is 9.10.